The number of methoxy groups -OCH3 is 1. The van der Waals surface area contributed by atoms with Gasteiger partial charge >= 0.3 is 12.1 Å². The molecule has 5 rings (SSSR count). The van der Waals surface area contributed by atoms with E-state index in [1.807, 2.05) is 0 Å². The van der Waals surface area contributed by atoms with Gasteiger partial charge in [-0.3, -0.25) is 19.2 Å². The molecule has 252 valence electrons. The predicted molar refractivity (Wildman–Crippen MR) is 162 cm³/mol. The van der Waals surface area contributed by atoms with E-state index in [4.69, 9.17) is 21.1 Å². The van der Waals surface area contributed by atoms with Crippen LogP contribution in [-0.2, 0) is 41.7 Å². The number of nitrogens with zero attached hydrogens (tertiary/aromatic N) is 5. The first-order valence-corrected chi connectivity index (χ1v) is 16.0. The normalized spacial score (nSPS) is 21.6. The molecule has 2 aliphatic rings. The molecule has 3 heterocycles. The Hall–Kier alpha value is -4.15. The SMILES string of the molecule is COc1ccccc1C1(N2C[C@H](OC(=O)C(F)(F)F)C[C@H]2C(=O)N(C)C)C(=O)N(S(=O)(=O)c2c(C)nn(C)c2C)c2ccc(Cl)cc21. The second-order valence-electron chi connectivity index (χ2n) is 11.4. The van der Waals surface area contributed by atoms with Gasteiger partial charge in [-0.05, 0) is 38.1 Å². The molecule has 12 nitrogen and oxygen atoms in total. The van der Waals surface area contributed by atoms with E-state index in [0.717, 1.165) is 0 Å². The predicted octanol–water partition coefficient (Wildman–Crippen LogP) is 3.31. The van der Waals surface area contributed by atoms with Crippen molar-refractivity contribution in [2.24, 2.45) is 7.05 Å². The number of fused-ring (bicyclic) bond motifs is 1. The van der Waals surface area contributed by atoms with E-state index >= 15 is 4.79 Å². The fourth-order valence-corrected chi connectivity index (χ4v) is 8.49. The van der Waals surface area contributed by atoms with Crippen molar-refractivity contribution in [2.75, 3.05) is 32.1 Å². The Morgan fingerprint density at radius 3 is 2.34 bits per heavy atom. The van der Waals surface area contributed by atoms with Gasteiger partial charge in [-0.2, -0.15) is 18.3 Å². The van der Waals surface area contributed by atoms with Gasteiger partial charge in [-0.25, -0.2) is 17.5 Å². The van der Waals surface area contributed by atoms with Gasteiger partial charge in [-0.1, -0.05) is 29.8 Å². The molecule has 1 aromatic heterocycles. The van der Waals surface area contributed by atoms with Crippen LogP contribution in [0.1, 0.15) is 28.9 Å². The lowest BCUT2D eigenvalue weighted by Gasteiger charge is -2.42. The number of rotatable bonds is 7. The molecular weight excluding hydrogens is 667 g/mol. The minimum atomic E-state index is -5.33. The number of likely N-dealkylation sites (N-methyl/N-ethyl adjacent to an activating group) is 1. The number of halogens is 4. The van der Waals surface area contributed by atoms with Crippen LogP contribution in [0.4, 0.5) is 18.9 Å². The minimum absolute atomic E-state index is 0.0154. The van der Waals surface area contributed by atoms with Crippen molar-refractivity contribution in [3.05, 3.63) is 70.0 Å². The van der Waals surface area contributed by atoms with Crippen molar-refractivity contribution in [3.63, 3.8) is 0 Å². The van der Waals surface area contributed by atoms with Gasteiger partial charge in [0.15, 0.2) is 5.54 Å². The Bertz CT molecular complexity index is 1900. The van der Waals surface area contributed by atoms with Crippen molar-refractivity contribution in [1.82, 2.24) is 19.6 Å². The summed E-state index contributed by atoms with van der Waals surface area (Å²) >= 11 is 6.48. The highest BCUT2D eigenvalue weighted by atomic mass is 35.5. The molecule has 2 aromatic carbocycles. The highest BCUT2D eigenvalue weighted by Crippen LogP contribution is 2.55. The van der Waals surface area contributed by atoms with Gasteiger partial charge in [0, 0.05) is 50.3 Å². The van der Waals surface area contributed by atoms with Crippen molar-refractivity contribution < 1.29 is 45.4 Å². The molecule has 3 atom stereocenters. The van der Waals surface area contributed by atoms with Gasteiger partial charge in [0.2, 0.25) is 5.91 Å². The number of aryl methyl sites for hydroxylation is 2. The van der Waals surface area contributed by atoms with Crippen LogP contribution in [0.15, 0.2) is 47.4 Å². The average molecular weight is 698 g/mol. The fraction of sp³-hybridized carbons (Fsp3) is 0.400. The molecule has 3 aromatic rings. The lowest BCUT2D eigenvalue weighted by atomic mass is 9.80. The second kappa shape index (κ2) is 11.8. The van der Waals surface area contributed by atoms with Crippen LogP contribution in [0.2, 0.25) is 5.02 Å². The zero-order valence-electron chi connectivity index (χ0n) is 26.1. The maximum atomic E-state index is 15.3. The topological polar surface area (TPSA) is 131 Å². The summed E-state index contributed by atoms with van der Waals surface area (Å²) in [7, 11) is 0.967. The number of para-hydroxylation sites is 1. The molecule has 0 saturated carbocycles. The summed E-state index contributed by atoms with van der Waals surface area (Å²) in [6, 6.07) is 8.89. The number of aromatic nitrogens is 2. The lowest BCUT2D eigenvalue weighted by Crippen LogP contribution is -2.59. The van der Waals surface area contributed by atoms with Gasteiger partial charge in [0.1, 0.15) is 16.7 Å². The smallest absolute Gasteiger partial charge is 0.490 e. The molecular formula is C30H31ClF3N5O7S. The molecule has 0 aliphatic carbocycles. The monoisotopic (exact) mass is 697 g/mol. The van der Waals surface area contributed by atoms with Gasteiger partial charge in [0.05, 0.1) is 30.2 Å². The second-order valence-corrected chi connectivity index (χ2v) is 13.6. The number of carbonyl (C=O) groups is 3. The number of sulfonamides is 1. The number of ether oxygens (including phenoxy) is 2. The van der Waals surface area contributed by atoms with E-state index < -0.39 is 64.6 Å². The Labute approximate surface area is 273 Å². The van der Waals surface area contributed by atoms with E-state index in [0.29, 0.717) is 4.31 Å². The fourth-order valence-electron chi connectivity index (χ4n) is 6.44. The molecule has 0 bridgehead atoms. The van der Waals surface area contributed by atoms with Crippen LogP contribution in [-0.4, -0.2) is 91.9 Å². The number of hydrogen-bond acceptors (Lipinski definition) is 9. The number of alkyl halides is 3. The lowest BCUT2D eigenvalue weighted by molar-refractivity contribution is -0.204. The number of benzene rings is 2. The van der Waals surface area contributed by atoms with Crippen LogP contribution in [0.25, 0.3) is 0 Å². The van der Waals surface area contributed by atoms with Gasteiger partial charge < -0.3 is 14.4 Å². The summed E-state index contributed by atoms with van der Waals surface area (Å²) in [6.07, 6.45) is -7.29. The van der Waals surface area contributed by atoms with Crippen LogP contribution in [0.3, 0.4) is 0 Å². The molecule has 0 radical (unpaired) electrons. The first kappa shape index (κ1) is 34.2. The summed E-state index contributed by atoms with van der Waals surface area (Å²) < 4.78 is 81.5. The largest absolute Gasteiger partial charge is 0.496 e. The number of carbonyl (C=O) groups excluding carboxylic acids is 3. The van der Waals surface area contributed by atoms with E-state index in [1.54, 1.807) is 19.2 Å². The van der Waals surface area contributed by atoms with Crippen LogP contribution in [0.5, 0.6) is 5.75 Å². The maximum absolute atomic E-state index is 15.3. The van der Waals surface area contributed by atoms with Crippen molar-refractivity contribution >= 4 is 45.1 Å². The van der Waals surface area contributed by atoms with Crippen LogP contribution in [0, 0.1) is 13.8 Å². The van der Waals surface area contributed by atoms with E-state index in [2.05, 4.69) is 5.10 Å². The van der Waals surface area contributed by atoms with E-state index in [1.165, 1.54) is 79.9 Å². The summed E-state index contributed by atoms with van der Waals surface area (Å²) in [5, 5.41) is 4.31. The Morgan fingerprint density at radius 1 is 1.11 bits per heavy atom. The highest BCUT2D eigenvalue weighted by molar-refractivity contribution is 7.93. The molecule has 0 spiro atoms. The molecule has 2 amide bonds. The number of esters is 1. The van der Waals surface area contributed by atoms with Crippen molar-refractivity contribution in [3.8, 4) is 5.75 Å². The third kappa shape index (κ3) is 5.31. The van der Waals surface area contributed by atoms with Crippen molar-refractivity contribution in [1.29, 1.82) is 0 Å². The third-order valence-corrected chi connectivity index (χ3v) is 10.6. The van der Waals surface area contributed by atoms with E-state index in [9.17, 15) is 31.2 Å². The zero-order chi connectivity index (χ0) is 34.8. The first-order chi connectivity index (χ1) is 21.9. The molecule has 17 heteroatoms. The molecule has 0 N–H and O–H groups in total. The summed E-state index contributed by atoms with van der Waals surface area (Å²) in [5.41, 5.74) is -1.90. The molecule has 47 heavy (non-hydrogen) atoms. The number of likely N-dealkylation sites (tertiary alicyclic amines) is 1. The quantitative estimate of drug-likeness (QED) is 0.341. The minimum Gasteiger partial charge on any atom is -0.496 e. The Balaban J connectivity index is 1.85. The standard InChI is InChI=1S/C30H31ClF3N5O7S/c1-16-25(17(2)37(5)35-16)47(43,44)39-22-12-11-18(31)13-21(22)29(27(39)41,20-9-7-8-10-24(20)45-6)38-15-19(46-28(42)30(32,33)34)14-23(38)26(40)36(3)4/h7-13,19,23H,14-15H2,1-6H3/t19-,23+,29?/m1/s1. The number of amides is 2. The molecule has 2 aliphatic heterocycles. The first-order valence-electron chi connectivity index (χ1n) is 14.2. The van der Waals surface area contributed by atoms with Gasteiger partial charge in [0.25, 0.3) is 15.9 Å². The molecule has 1 saturated heterocycles. The third-order valence-electron chi connectivity index (χ3n) is 8.42. The van der Waals surface area contributed by atoms with Crippen LogP contribution >= 0.6 is 11.6 Å². The number of hydrogen-bond donors (Lipinski definition) is 0. The van der Waals surface area contributed by atoms with E-state index in [-0.39, 0.29) is 43.9 Å². The Kier molecular flexibility index (Phi) is 8.60. The maximum Gasteiger partial charge on any atom is 0.490 e. The summed E-state index contributed by atoms with van der Waals surface area (Å²) in [6.45, 7) is 2.43. The Morgan fingerprint density at radius 2 is 1.77 bits per heavy atom. The summed E-state index contributed by atoms with van der Waals surface area (Å²) in [4.78, 5) is 43.2. The van der Waals surface area contributed by atoms with Crippen molar-refractivity contribution in [2.45, 2.75) is 49.0 Å². The highest BCUT2D eigenvalue weighted by Gasteiger charge is 2.65. The van der Waals surface area contributed by atoms with Gasteiger partial charge in [-0.15, -0.1) is 0 Å². The zero-order valence-corrected chi connectivity index (χ0v) is 27.7. The van der Waals surface area contributed by atoms with Crippen LogP contribution < -0.4 is 9.04 Å². The average Bonchev–Trinajstić information content (AvgIpc) is 3.61. The molecule has 1 unspecified atom stereocenters. The number of anilines is 1. The molecule has 1 fully saturated rings. The summed E-state index contributed by atoms with van der Waals surface area (Å²) in [5.74, 6) is -4.09.